The number of unbranched alkanes of at least 4 members (excludes halogenated alkanes) is 1. The van der Waals surface area contributed by atoms with Gasteiger partial charge in [0.25, 0.3) is 0 Å². The van der Waals surface area contributed by atoms with E-state index in [-0.39, 0.29) is 5.91 Å². The van der Waals surface area contributed by atoms with Crippen molar-refractivity contribution in [1.29, 1.82) is 0 Å². The third kappa shape index (κ3) is 5.99. The molecule has 20 heavy (non-hydrogen) atoms. The van der Waals surface area contributed by atoms with Gasteiger partial charge in [0.05, 0.1) is 6.61 Å². The first kappa shape index (κ1) is 15.7. The smallest absolute Gasteiger partial charge is 0.406 e. The van der Waals surface area contributed by atoms with Crippen molar-refractivity contribution in [3.63, 3.8) is 0 Å². The van der Waals surface area contributed by atoms with Crippen LogP contribution in [0.15, 0.2) is 24.3 Å². The van der Waals surface area contributed by atoms with Crippen LogP contribution in [-0.2, 0) is 9.53 Å². The van der Waals surface area contributed by atoms with Gasteiger partial charge in [-0.05, 0) is 37.1 Å². The first-order valence-corrected chi connectivity index (χ1v) is 6.35. The molecule has 0 heterocycles. The molecule has 0 saturated carbocycles. The topological polar surface area (TPSA) is 84.5 Å². The number of aldehydes is 1. The highest BCUT2D eigenvalue weighted by Crippen LogP contribution is 2.09. The molecule has 0 radical (unpaired) electrons. The van der Waals surface area contributed by atoms with Crippen LogP contribution >= 0.6 is 0 Å². The standard InChI is InChI=1S/C14H18N2O4/c1-15-14(19)20-9-3-2-4-13(18)16-12-7-5-11(10-17)6-8-12/h5-8,10H,2-4,9H2,1H3,(H,15,19)(H,16,18). The number of ether oxygens (including phenoxy) is 1. The van der Waals surface area contributed by atoms with Crippen LogP contribution in [0.4, 0.5) is 10.5 Å². The SMILES string of the molecule is CNC(=O)OCCCCC(=O)Nc1ccc(C=O)cc1. The second-order valence-electron chi connectivity index (χ2n) is 4.13. The lowest BCUT2D eigenvalue weighted by atomic mass is 10.2. The molecule has 0 bridgehead atoms. The molecule has 0 atom stereocenters. The van der Waals surface area contributed by atoms with Crippen molar-refractivity contribution >= 4 is 24.0 Å². The summed E-state index contributed by atoms with van der Waals surface area (Å²) < 4.78 is 4.80. The summed E-state index contributed by atoms with van der Waals surface area (Å²) in [5, 5.41) is 5.07. The molecule has 0 aromatic heterocycles. The Bertz CT molecular complexity index is 457. The summed E-state index contributed by atoms with van der Waals surface area (Å²) in [6.07, 6.45) is 1.90. The van der Waals surface area contributed by atoms with Crippen LogP contribution < -0.4 is 10.6 Å². The minimum atomic E-state index is -0.468. The maximum absolute atomic E-state index is 11.6. The predicted octanol–water partition coefficient (Wildman–Crippen LogP) is 1.96. The Morgan fingerprint density at radius 2 is 1.90 bits per heavy atom. The maximum atomic E-state index is 11.6. The molecule has 0 aliphatic heterocycles. The van der Waals surface area contributed by atoms with Crippen LogP contribution in [0.2, 0.25) is 0 Å². The Morgan fingerprint density at radius 1 is 1.20 bits per heavy atom. The van der Waals surface area contributed by atoms with Crippen LogP contribution in [0.3, 0.4) is 0 Å². The number of hydrogen-bond acceptors (Lipinski definition) is 4. The Labute approximate surface area is 117 Å². The maximum Gasteiger partial charge on any atom is 0.406 e. The lowest BCUT2D eigenvalue weighted by Gasteiger charge is -2.06. The van der Waals surface area contributed by atoms with E-state index in [1.54, 1.807) is 24.3 Å². The van der Waals surface area contributed by atoms with Crippen LogP contribution in [0.5, 0.6) is 0 Å². The van der Waals surface area contributed by atoms with Crippen molar-refractivity contribution in [3.8, 4) is 0 Å². The highest BCUT2D eigenvalue weighted by atomic mass is 16.5. The summed E-state index contributed by atoms with van der Waals surface area (Å²) in [6, 6.07) is 6.63. The average Bonchev–Trinajstić information content (AvgIpc) is 2.47. The Morgan fingerprint density at radius 3 is 2.50 bits per heavy atom. The molecule has 0 fully saturated rings. The normalized spacial score (nSPS) is 9.65. The molecule has 2 N–H and O–H groups in total. The minimum Gasteiger partial charge on any atom is -0.450 e. The zero-order valence-corrected chi connectivity index (χ0v) is 11.3. The van der Waals surface area contributed by atoms with Crippen molar-refractivity contribution in [1.82, 2.24) is 5.32 Å². The Balaban J connectivity index is 2.19. The summed E-state index contributed by atoms with van der Waals surface area (Å²) in [5.74, 6) is -0.108. The molecule has 0 aliphatic carbocycles. The van der Waals surface area contributed by atoms with Gasteiger partial charge in [0.2, 0.25) is 5.91 Å². The van der Waals surface area contributed by atoms with Crippen LogP contribution in [0, 0.1) is 0 Å². The predicted molar refractivity (Wildman–Crippen MR) is 74.7 cm³/mol. The average molecular weight is 278 g/mol. The van der Waals surface area contributed by atoms with E-state index in [1.165, 1.54) is 7.05 Å². The molecular formula is C14H18N2O4. The monoisotopic (exact) mass is 278 g/mol. The van der Waals surface area contributed by atoms with Gasteiger partial charge in [-0.1, -0.05) is 0 Å². The number of hydrogen-bond donors (Lipinski definition) is 2. The summed E-state index contributed by atoms with van der Waals surface area (Å²) in [6.45, 7) is 0.293. The minimum absolute atomic E-state index is 0.108. The van der Waals surface area contributed by atoms with E-state index in [1.807, 2.05) is 0 Å². The molecule has 6 nitrogen and oxygen atoms in total. The van der Waals surface area contributed by atoms with Crippen molar-refractivity contribution in [2.75, 3.05) is 19.0 Å². The summed E-state index contributed by atoms with van der Waals surface area (Å²) in [5.41, 5.74) is 1.22. The highest BCUT2D eigenvalue weighted by Gasteiger charge is 2.03. The molecule has 2 amide bonds. The van der Waals surface area contributed by atoms with Crippen molar-refractivity contribution in [2.24, 2.45) is 0 Å². The highest BCUT2D eigenvalue weighted by molar-refractivity contribution is 5.91. The van der Waals surface area contributed by atoms with Crippen molar-refractivity contribution in [3.05, 3.63) is 29.8 Å². The lowest BCUT2D eigenvalue weighted by molar-refractivity contribution is -0.116. The van der Waals surface area contributed by atoms with Gasteiger partial charge in [-0.2, -0.15) is 0 Å². The van der Waals surface area contributed by atoms with Gasteiger partial charge in [-0.3, -0.25) is 9.59 Å². The van der Waals surface area contributed by atoms with E-state index < -0.39 is 6.09 Å². The van der Waals surface area contributed by atoms with Crippen LogP contribution in [0.25, 0.3) is 0 Å². The lowest BCUT2D eigenvalue weighted by Crippen LogP contribution is -2.19. The third-order valence-corrected chi connectivity index (χ3v) is 2.57. The fourth-order valence-corrected chi connectivity index (χ4v) is 1.49. The van der Waals surface area contributed by atoms with Crippen molar-refractivity contribution < 1.29 is 19.1 Å². The number of nitrogens with one attached hydrogen (secondary N) is 2. The van der Waals surface area contributed by atoms with Gasteiger partial charge >= 0.3 is 6.09 Å². The first-order chi connectivity index (χ1) is 9.65. The number of carbonyl (C=O) groups excluding carboxylic acids is 3. The van der Waals surface area contributed by atoms with Crippen molar-refractivity contribution in [2.45, 2.75) is 19.3 Å². The number of anilines is 1. The van der Waals surface area contributed by atoms with Gasteiger partial charge in [-0.15, -0.1) is 0 Å². The summed E-state index contributed by atoms with van der Waals surface area (Å²) >= 11 is 0. The zero-order valence-electron chi connectivity index (χ0n) is 11.3. The molecule has 1 aromatic carbocycles. The molecular weight excluding hydrogens is 260 g/mol. The van der Waals surface area contributed by atoms with Gasteiger partial charge in [0.1, 0.15) is 6.29 Å². The number of alkyl carbamates (subject to hydrolysis) is 1. The molecule has 6 heteroatoms. The van der Waals surface area contributed by atoms with E-state index in [2.05, 4.69) is 10.6 Å². The molecule has 1 aromatic rings. The Hall–Kier alpha value is -2.37. The van der Waals surface area contributed by atoms with Gasteiger partial charge in [-0.25, -0.2) is 4.79 Å². The zero-order chi connectivity index (χ0) is 14.8. The fraction of sp³-hybridized carbons (Fsp3) is 0.357. The summed E-state index contributed by atoms with van der Waals surface area (Å²) in [7, 11) is 1.49. The second kappa shape index (κ2) is 8.68. The van der Waals surface area contributed by atoms with E-state index in [4.69, 9.17) is 4.74 Å². The summed E-state index contributed by atoms with van der Waals surface area (Å²) in [4.78, 5) is 32.9. The van der Waals surface area contributed by atoms with Gasteiger partial charge < -0.3 is 15.4 Å². The number of carbonyl (C=O) groups is 3. The second-order valence-corrected chi connectivity index (χ2v) is 4.13. The van der Waals surface area contributed by atoms with Gasteiger partial charge in [0.15, 0.2) is 0 Å². The van der Waals surface area contributed by atoms with Gasteiger partial charge in [0, 0.05) is 24.7 Å². The molecule has 108 valence electrons. The van der Waals surface area contributed by atoms with E-state index in [0.29, 0.717) is 37.1 Å². The number of rotatable bonds is 7. The number of benzene rings is 1. The first-order valence-electron chi connectivity index (χ1n) is 6.35. The molecule has 0 spiro atoms. The van der Waals surface area contributed by atoms with E-state index in [0.717, 1.165) is 6.29 Å². The van der Waals surface area contributed by atoms with Crippen LogP contribution in [-0.4, -0.2) is 31.9 Å². The third-order valence-electron chi connectivity index (χ3n) is 2.57. The number of amides is 2. The van der Waals surface area contributed by atoms with Crippen LogP contribution in [0.1, 0.15) is 29.6 Å². The van der Waals surface area contributed by atoms with E-state index in [9.17, 15) is 14.4 Å². The Kier molecular flexibility index (Phi) is 6.81. The fourth-order valence-electron chi connectivity index (χ4n) is 1.49. The molecule has 0 aliphatic rings. The van der Waals surface area contributed by atoms with E-state index >= 15 is 0 Å². The molecule has 0 unspecified atom stereocenters. The molecule has 1 rings (SSSR count). The quantitative estimate of drug-likeness (QED) is 0.590. The largest absolute Gasteiger partial charge is 0.450 e. The molecule has 0 saturated heterocycles.